The van der Waals surface area contributed by atoms with Crippen molar-refractivity contribution >= 4 is 23.9 Å². The second-order valence-corrected chi connectivity index (χ2v) is 6.61. The summed E-state index contributed by atoms with van der Waals surface area (Å²) in [5.74, 6) is 0.623. The van der Waals surface area contributed by atoms with E-state index in [2.05, 4.69) is 15.3 Å². The zero-order valence-corrected chi connectivity index (χ0v) is 17.1. The number of nitrogens with one attached hydrogen (secondary N) is 1. The van der Waals surface area contributed by atoms with Crippen molar-refractivity contribution in [2.24, 2.45) is 5.10 Å². The summed E-state index contributed by atoms with van der Waals surface area (Å²) < 4.78 is 55.9. The van der Waals surface area contributed by atoms with Crippen molar-refractivity contribution in [2.75, 3.05) is 27.1 Å². The van der Waals surface area contributed by atoms with Gasteiger partial charge >= 0.3 is 6.36 Å². The lowest BCUT2D eigenvalue weighted by Gasteiger charge is -2.12. The van der Waals surface area contributed by atoms with Crippen molar-refractivity contribution in [2.45, 2.75) is 11.3 Å². The van der Waals surface area contributed by atoms with E-state index in [1.165, 1.54) is 51.8 Å². The van der Waals surface area contributed by atoms with Crippen LogP contribution in [0, 0.1) is 0 Å². The van der Waals surface area contributed by atoms with Crippen molar-refractivity contribution < 1.29 is 36.9 Å². The fourth-order valence-corrected chi connectivity index (χ4v) is 2.96. The van der Waals surface area contributed by atoms with Gasteiger partial charge in [-0.2, -0.15) is 5.10 Å². The number of carbonyl (C=O) groups is 1. The second kappa shape index (κ2) is 10.6. The van der Waals surface area contributed by atoms with Crippen LogP contribution in [-0.4, -0.2) is 45.6 Å². The molecule has 0 fully saturated rings. The summed E-state index contributed by atoms with van der Waals surface area (Å²) in [5.41, 5.74) is 2.98. The van der Waals surface area contributed by atoms with Crippen molar-refractivity contribution in [1.29, 1.82) is 0 Å². The smallest absolute Gasteiger partial charge is 0.493 e. The SMILES string of the molecule is COc1cc(/C=N/NC(=O)CSc2ccc(OC(F)(F)F)cc2)cc(OC)c1OC. The Balaban J connectivity index is 1.89. The molecule has 2 aromatic rings. The molecule has 30 heavy (non-hydrogen) atoms. The average Bonchev–Trinajstić information content (AvgIpc) is 2.71. The highest BCUT2D eigenvalue weighted by atomic mass is 32.2. The molecule has 2 rings (SSSR count). The molecular formula is C19H19F3N2O5S. The molecule has 0 radical (unpaired) electrons. The van der Waals surface area contributed by atoms with Crippen LogP contribution < -0.4 is 24.4 Å². The van der Waals surface area contributed by atoms with Crippen LogP contribution in [0.3, 0.4) is 0 Å². The van der Waals surface area contributed by atoms with Crippen molar-refractivity contribution in [1.82, 2.24) is 5.43 Å². The van der Waals surface area contributed by atoms with Crippen LogP contribution in [0.4, 0.5) is 13.2 Å². The molecule has 7 nitrogen and oxygen atoms in total. The van der Waals surface area contributed by atoms with E-state index in [1.54, 1.807) is 12.1 Å². The number of hydrogen-bond donors (Lipinski definition) is 1. The lowest BCUT2D eigenvalue weighted by atomic mass is 10.2. The van der Waals surface area contributed by atoms with Crippen molar-refractivity contribution in [3.63, 3.8) is 0 Å². The molecule has 0 bridgehead atoms. The molecule has 0 spiro atoms. The monoisotopic (exact) mass is 444 g/mol. The van der Waals surface area contributed by atoms with Crippen LogP contribution in [-0.2, 0) is 4.79 Å². The third-order valence-electron chi connectivity index (χ3n) is 3.52. The fraction of sp³-hybridized carbons (Fsp3) is 0.263. The number of rotatable bonds is 9. The van der Waals surface area contributed by atoms with Crippen LogP contribution in [0.25, 0.3) is 0 Å². The molecule has 0 aliphatic rings. The van der Waals surface area contributed by atoms with Gasteiger partial charge in [-0.3, -0.25) is 4.79 Å². The minimum atomic E-state index is -4.75. The molecule has 2 aromatic carbocycles. The highest BCUT2D eigenvalue weighted by Crippen LogP contribution is 2.37. The Hall–Kier alpha value is -3.08. The van der Waals surface area contributed by atoms with Crippen LogP contribution in [0.15, 0.2) is 46.4 Å². The van der Waals surface area contributed by atoms with Crippen LogP contribution in [0.5, 0.6) is 23.0 Å². The molecule has 0 heterocycles. The molecule has 1 N–H and O–H groups in total. The van der Waals surface area contributed by atoms with Crippen LogP contribution in [0.1, 0.15) is 5.56 Å². The molecule has 0 atom stereocenters. The number of hydrogen-bond acceptors (Lipinski definition) is 7. The first-order valence-electron chi connectivity index (χ1n) is 8.36. The van der Waals surface area contributed by atoms with Gasteiger partial charge in [-0.15, -0.1) is 24.9 Å². The topological polar surface area (TPSA) is 78.4 Å². The maximum atomic E-state index is 12.1. The Kier molecular flexibility index (Phi) is 8.22. The van der Waals surface area contributed by atoms with E-state index in [4.69, 9.17) is 14.2 Å². The predicted molar refractivity (Wildman–Crippen MR) is 106 cm³/mol. The van der Waals surface area contributed by atoms with E-state index < -0.39 is 6.36 Å². The van der Waals surface area contributed by atoms with Gasteiger partial charge in [-0.05, 0) is 36.4 Å². The number of alkyl halides is 3. The maximum absolute atomic E-state index is 12.1. The lowest BCUT2D eigenvalue weighted by molar-refractivity contribution is -0.274. The van der Waals surface area contributed by atoms with Gasteiger partial charge in [0, 0.05) is 10.5 Å². The van der Waals surface area contributed by atoms with Crippen molar-refractivity contribution in [3.05, 3.63) is 42.0 Å². The molecule has 0 aromatic heterocycles. The number of carbonyl (C=O) groups excluding carboxylic acids is 1. The minimum Gasteiger partial charge on any atom is -0.493 e. The maximum Gasteiger partial charge on any atom is 0.573 e. The fourth-order valence-electron chi connectivity index (χ4n) is 2.27. The number of thioether (sulfide) groups is 1. The highest BCUT2D eigenvalue weighted by Gasteiger charge is 2.30. The lowest BCUT2D eigenvalue weighted by Crippen LogP contribution is -2.19. The minimum absolute atomic E-state index is 0.0199. The quantitative estimate of drug-likeness (QED) is 0.360. The predicted octanol–water partition coefficient (Wildman–Crippen LogP) is 3.85. The standard InChI is InChI=1S/C19H19F3N2O5S/c1-26-15-8-12(9-16(27-2)18(15)28-3)10-23-24-17(25)11-30-14-6-4-13(5-7-14)29-19(20,21)22/h4-10H,11H2,1-3H3,(H,24,25)/b23-10+. The molecule has 0 aliphatic heterocycles. The summed E-state index contributed by atoms with van der Waals surface area (Å²) in [4.78, 5) is 12.5. The number of nitrogens with zero attached hydrogens (tertiary/aromatic N) is 1. The van der Waals surface area contributed by atoms with E-state index in [1.807, 2.05) is 0 Å². The van der Waals surface area contributed by atoms with Gasteiger partial charge in [0.05, 0.1) is 33.3 Å². The van der Waals surface area contributed by atoms with Crippen LogP contribution in [0.2, 0.25) is 0 Å². The Bertz CT molecular complexity index is 864. The number of halogens is 3. The molecule has 0 unspecified atom stereocenters. The molecule has 11 heteroatoms. The molecule has 0 saturated heterocycles. The van der Waals surface area contributed by atoms with E-state index in [-0.39, 0.29) is 17.4 Å². The number of benzene rings is 2. The summed E-state index contributed by atoms with van der Waals surface area (Å²) in [7, 11) is 4.46. The summed E-state index contributed by atoms with van der Waals surface area (Å²) in [6, 6.07) is 8.54. The number of methoxy groups -OCH3 is 3. The largest absolute Gasteiger partial charge is 0.573 e. The summed E-state index contributed by atoms with van der Waals surface area (Å²) >= 11 is 1.14. The van der Waals surface area contributed by atoms with E-state index in [0.717, 1.165) is 11.8 Å². The first-order valence-corrected chi connectivity index (χ1v) is 9.34. The van der Waals surface area contributed by atoms with E-state index >= 15 is 0 Å². The Labute approximate surface area is 175 Å². The summed E-state index contributed by atoms with van der Waals surface area (Å²) in [6.07, 6.45) is -3.33. The number of hydrazone groups is 1. The van der Waals surface area contributed by atoms with Gasteiger partial charge in [0.15, 0.2) is 11.5 Å². The van der Waals surface area contributed by atoms with Gasteiger partial charge in [-0.25, -0.2) is 5.43 Å². The molecule has 162 valence electrons. The number of amides is 1. The molecule has 0 saturated carbocycles. The highest BCUT2D eigenvalue weighted by molar-refractivity contribution is 8.00. The summed E-state index contributed by atoms with van der Waals surface area (Å²) in [6.45, 7) is 0. The third-order valence-corrected chi connectivity index (χ3v) is 4.53. The molecule has 1 amide bonds. The number of ether oxygens (including phenoxy) is 4. The van der Waals surface area contributed by atoms with Gasteiger partial charge in [-0.1, -0.05) is 0 Å². The van der Waals surface area contributed by atoms with E-state index in [0.29, 0.717) is 27.7 Å². The third kappa shape index (κ3) is 7.07. The Morgan fingerprint density at radius 3 is 2.17 bits per heavy atom. The molecular weight excluding hydrogens is 425 g/mol. The first kappa shape index (κ1) is 23.2. The summed E-state index contributed by atoms with van der Waals surface area (Å²) in [5, 5.41) is 3.88. The second-order valence-electron chi connectivity index (χ2n) is 5.56. The normalized spacial score (nSPS) is 11.3. The Morgan fingerprint density at radius 1 is 1.07 bits per heavy atom. The zero-order chi connectivity index (χ0) is 22.1. The average molecular weight is 444 g/mol. The van der Waals surface area contributed by atoms with Gasteiger partial charge in [0.25, 0.3) is 0 Å². The zero-order valence-electron chi connectivity index (χ0n) is 16.3. The van der Waals surface area contributed by atoms with Gasteiger partial charge in [0.2, 0.25) is 11.7 Å². The molecule has 0 aliphatic carbocycles. The van der Waals surface area contributed by atoms with E-state index in [9.17, 15) is 18.0 Å². The van der Waals surface area contributed by atoms with Gasteiger partial charge in [0.1, 0.15) is 5.75 Å². The first-order chi connectivity index (χ1) is 14.3. The Morgan fingerprint density at radius 2 is 1.67 bits per heavy atom. The van der Waals surface area contributed by atoms with Crippen molar-refractivity contribution in [3.8, 4) is 23.0 Å². The van der Waals surface area contributed by atoms with Gasteiger partial charge < -0.3 is 18.9 Å². The van der Waals surface area contributed by atoms with Crippen LogP contribution >= 0.6 is 11.8 Å².